The summed E-state index contributed by atoms with van der Waals surface area (Å²) in [5.41, 5.74) is 1.79. The maximum Gasteiger partial charge on any atom is 0.341 e. The fourth-order valence-electron chi connectivity index (χ4n) is 6.13. The SMILES string of the molecule is CCOCCCn1c(C2CCN(c3c(F)cc4c(=O)c(C(=O)O)cn5c4c3OC[C@@H]5C)CC2)nc2ccccc21. The maximum absolute atomic E-state index is 15.7. The monoisotopic (exact) mass is 548 g/mol. The largest absolute Gasteiger partial charge is 0.487 e. The van der Waals surface area contributed by atoms with Gasteiger partial charge in [0.1, 0.15) is 23.7 Å². The quantitative estimate of drug-likeness (QED) is 0.311. The van der Waals surface area contributed by atoms with Crippen LogP contribution < -0.4 is 15.1 Å². The molecular weight excluding hydrogens is 515 g/mol. The fourth-order valence-corrected chi connectivity index (χ4v) is 6.13. The Morgan fingerprint density at radius 2 is 2.02 bits per heavy atom. The van der Waals surface area contributed by atoms with Gasteiger partial charge in [0.15, 0.2) is 11.6 Å². The number of halogens is 1. The van der Waals surface area contributed by atoms with Gasteiger partial charge in [-0.2, -0.15) is 0 Å². The number of imidazole rings is 1. The predicted molar refractivity (Wildman–Crippen MR) is 150 cm³/mol. The lowest BCUT2D eigenvalue weighted by molar-refractivity contribution is 0.0694. The number of carboxylic acid groups (broad SMARTS) is 1. The lowest BCUT2D eigenvalue weighted by Crippen LogP contribution is -2.36. The summed E-state index contributed by atoms with van der Waals surface area (Å²) in [4.78, 5) is 31.6. The number of nitrogens with zero attached hydrogens (tertiary/aromatic N) is 4. The van der Waals surface area contributed by atoms with Gasteiger partial charge in [0.25, 0.3) is 0 Å². The van der Waals surface area contributed by atoms with Crippen LogP contribution in [0.1, 0.15) is 61.3 Å². The Morgan fingerprint density at radius 3 is 2.77 bits per heavy atom. The number of rotatable bonds is 8. The van der Waals surface area contributed by atoms with Gasteiger partial charge in [0.05, 0.1) is 28.0 Å². The van der Waals surface area contributed by atoms with E-state index in [1.54, 1.807) is 4.57 Å². The van der Waals surface area contributed by atoms with E-state index in [1.807, 2.05) is 36.9 Å². The van der Waals surface area contributed by atoms with Gasteiger partial charge in [-0.3, -0.25) is 4.79 Å². The highest BCUT2D eigenvalue weighted by atomic mass is 19.1. The van der Waals surface area contributed by atoms with E-state index in [9.17, 15) is 14.7 Å². The van der Waals surface area contributed by atoms with Crippen molar-refractivity contribution in [2.75, 3.05) is 37.8 Å². The molecule has 0 spiro atoms. The second kappa shape index (κ2) is 10.6. The van der Waals surface area contributed by atoms with Gasteiger partial charge in [-0.15, -0.1) is 0 Å². The number of hydrogen-bond donors (Lipinski definition) is 1. The molecule has 2 aromatic carbocycles. The Hall–Kier alpha value is -3.92. The highest BCUT2D eigenvalue weighted by molar-refractivity contribution is 5.97. The summed E-state index contributed by atoms with van der Waals surface area (Å²) in [7, 11) is 0. The number of ether oxygens (including phenoxy) is 2. The van der Waals surface area contributed by atoms with Crippen molar-refractivity contribution < 1.29 is 23.8 Å². The van der Waals surface area contributed by atoms with Crippen molar-refractivity contribution in [3.05, 3.63) is 64.0 Å². The lowest BCUT2D eigenvalue weighted by atomic mass is 9.95. The van der Waals surface area contributed by atoms with Crippen molar-refractivity contribution in [2.45, 2.75) is 51.6 Å². The number of aromatic nitrogens is 3. The Labute approximate surface area is 230 Å². The van der Waals surface area contributed by atoms with Gasteiger partial charge < -0.3 is 28.6 Å². The molecule has 4 aromatic rings. The number of aromatic carboxylic acids is 1. The van der Waals surface area contributed by atoms with Crippen molar-refractivity contribution in [1.29, 1.82) is 0 Å². The van der Waals surface area contributed by atoms with Crippen molar-refractivity contribution in [3.8, 4) is 5.75 Å². The van der Waals surface area contributed by atoms with E-state index in [-0.39, 0.29) is 29.5 Å². The molecule has 0 amide bonds. The molecular formula is C30H33FN4O5. The molecule has 2 aromatic heterocycles. The molecule has 2 aliphatic rings. The molecule has 9 nitrogen and oxygen atoms in total. The van der Waals surface area contributed by atoms with Crippen LogP contribution in [0.15, 0.2) is 41.3 Å². The summed E-state index contributed by atoms with van der Waals surface area (Å²) >= 11 is 0. The first kappa shape index (κ1) is 26.3. The second-order valence-electron chi connectivity index (χ2n) is 10.6. The summed E-state index contributed by atoms with van der Waals surface area (Å²) in [5, 5.41) is 9.57. The van der Waals surface area contributed by atoms with Crippen molar-refractivity contribution in [3.63, 3.8) is 0 Å². The maximum atomic E-state index is 15.7. The molecule has 0 saturated carbocycles. The minimum Gasteiger partial charge on any atom is -0.487 e. The average Bonchev–Trinajstić information content (AvgIpc) is 3.32. The number of aryl methyl sites for hydroxylation is 1. The summed E-state index contributed by atoms with van der Waals surface area (Å²) in [6, 6.07) is 9.14. The highest BCUT2D eigenvalue weighted by Gasteiger charge is 2.33. The summed E-state index contributed by atoms with van der Waals surface area (Å²) in [6.45, 7) is 7.54. The number of carbonyl (C=O) groups is 1. The van der Waals surface area contributed by atoms with E-state index >= 15 is 4.39 Å². The zero-order valence-corrected chi connectivity index (χ0v) is 22.7. The third-order valence-electron chi connectivity index (χ3n) is 8.11. The van der Waals surface area contributed by atoms with Crippen LogP contribution in [0.25, 0.3) is 21.9 Å². The number of para-hydroxylation sites is 2. The number of fused-ring (bicyclic) bond motifs is 1. The lowest BCUT2D eigenvalue weighted by Gasteiger charge is -2.36. The molecule has 1 atom stereocenters. The predicted octanol–water partition coefficient (Wildman–Crippen LogP) is 4.95. The number of anilines is 1. The van der Waals surface area contributed by atoms with Crippen molar-refractivity contribution >= 4 is 33.6 Å². The molecule has 0 unspecified atom stereocenters. The normalized spacial score (nSPS) is 17.5. The van der Waals surface area contributed by atoms with Gasteiger partial charge in [0, 0.05) is 45.0 Å². The van der Waals surface area contributed by atoms with Gasteiger partial charge in [0.2, 0.25) is 5.43 Å². The third kappa shape index (κ3) is 4.40. The van der Waals surface area contributed by atoms with Gasteiger partial charge >= 0.3 is 5.97 Å². The highest BCUT2D eigenvalue weighted by Crippen LogP contribution is 2.43. The molecule has 210 valence electrons. The van der Waals surface area contributed by atoms with Crippen LogP contribution in [0.2, 0.25) is 0 Å². The van der Waals surface area contributed by atoms with Crippen LogP contribution in [-0.2, 0) is 11.3 Å². The molecule has 0 aliphatic carbocycles. The molecule has 0 bridgehead atoms. The molecule has 1 fully saturated rings. The third-order valence-corrected chi connectivity index (χ3v) is 8.11. The Balaban J connectivity index is 1.32. The Bertz CT molecular complexity index is 1650. The number of pyridine rings is 1. The van der Waals surface area contributed by atoms with E-state index < -0.39 is 17.2 Å². The van der Waals surface area contributed by atoms with E-state index in [1.165, 1.54) is 12.3 Å². The van der Waals surface area contributed by atoms with Crippen LogP contribution in [-0.4, -0.2) is 58.1 Å². The first-order valence-corrected chi connectivity index (χ1v) is 13.9. The fraction of sp³-hybridized carbons (Fsp3) is 0.433. The second-order valence-corrected chi connectivity index (χ2v) is 10.6. The first-order valence-electron chi connectivity index (χ1n) is 13.9. The summed E-state index contributed by atoms with van der Waals surface area (Å²) < 4.78 is 31.3. The van der Waals surface area contributed by atoms with E-state index in [0.717, 1.165) is 42.7 Å². The van der Waals surface area contributed by atoms with Crippen molar-refractivity contribution in [2.24, 2.45) is 0 Å². The zero-order valence-electron chi connectivity index (χ0n) is 22.7. The van der Waals surface area contributed by atoms with Gasteiger partial charge in [-0.25, -0.2) is 14.2 Å². The van der Waals surface area contributed by atoms with Crippen LogP contribution in [0, 0.1) is 5.82 Å². The minimum atomic E-state index is -1.33. The van der Waals surface area contributed by atoms with Crippen LogP contribution in [0.3, 0.4) is 0 Å². The topological polar surface area (TPSA) is 98.8 Å². The molecule has 10 heteroatoms. The molecule has 2 aliphatic heterocycles. The van der Waals surface area contributed by atoms with Crippen molar-refractivity contribution in [1.82, 2.24) is 14.1 Å². The number of hydrogen-bond acceptors (Lipinski definition) is 6. The molecule has 1 saturated heterocycles. The smallest absolute Gasteiger partial charge is 0.341 e. The first-order chi connectivity index (χ1) is 19.4. The van der Waals surface area contributed by atoms with E-state index in [2.05, 4.69) is 10.6 Å². The summed E-state index contributed by atoms with van der Waals surface area (Å²) in [5.74, 6) is -0.328. The van der Waals surface area contributed by atoms with Crippen LogP contribution in [0.4, 0.5) is 10.1 Å². The zero-order chi connectivity index (χ0) is 28.0. The van der Waals surface area contributed by atoms with E-state index in [0.29, 0.717) is 43.3 Å². The number of piperidine rings is 1. The molecule has 1 N–H and O–H groups in total. The van der Waals surface area contributed by atoms with E-state index in [4.69, 9.17) is 14.5 Å². The number of benzene rings is 2. The molecule has 40 heavy (non-hydrogen) atoms. The molecule has 0 radical (unpaired) electrons. The molecule has 4 heterocycles. The summed E-state index contributed by atoms with van der Waals surface area (Å²) in [6.07, 6.45) is 3.82. The Morgan fingerprint density at radius 1 is 1.25 bits per heavy atom. The minimum absolute atomic E-state index is 0.0263. The average molecular weight is 549 g/mol. The standard InChI is InChI=1S/C30H33FN4O5/c1-3-39-14-6-11-34-24-8-5-4-7-23(24)32-29(34)19-9-12-33(13-10-19)26-22(31)15-20-25-28(26)40-17-18(2)35(25)16-21(27(20)36)30(37)38/h4-5,7-8,15-16,18-19H,3,6,9-14,17H2,1-2H3,(H,37,38)/t18-/m0/s1. The van der Waals surface area contributed by atoms with Gasteiger partial charge in [-0.05, 0) is 51.3 Å². The van der Waals surface area contributed by atoms with Crippen LogP contribution in [0.5, 0.6) is 5.75 Å². The van der Waals surface area contributed by atoms with Crippen LogP contribution >= 0.6 is 0 Å². The van der Waals surface area contributed by atoms with Gasteiger partial charge in [-0.1, -0.05) is 12.1 Å². The molecule has 6 rings (SSSR count). The number of carboxylic acids is 1. The Kier molecular flexibility index (Phi) is 6.95.